The SMILES string of the molecule is CCCNC(=O)c1ccccc1NS(=O)(=O)c1ccc2c(c1)sc(=O)n2C. The first-order valence-corrected chi connectivity index (χ1v) is 10.6. The Bertz CT molecular complexity index is 1160. The highest BCUT2D eigenvalue weighted by Gasteiger charge is 2.19. The zero-order valence-corrected chi connectivity index (χ0v) is 16.5. The van der Waals surface area contributed by atoms with Gasteiger partial charge in [-0.15, -0.1) is 0 Å². The summed E-state index contributed by atoms with van der Waals surface area (Å²) in [6.45, 7) is 2.44. The molecule has 0 aliphatic rings. The molecule has 0 saturated heterocycles. The van der Waals surface area contributed by atoms with E-state index in [-0.39, 0.29) is 26.9 Å². The Morgan fingerprint density at radius 3 is 2.67 bits per heavy atom. The summed E-state index contributed by atoms with van der Waals surface area (Å²) in [4.78, 5) is 23.9. The fraction of sp³-hybridized carbons (Fsp3) is 0.222. The van der Waals surface area contributed by atoms with Gasteiger partial charge in [-0.05, 0) is 36.8 Å². The number of rotatable bonds is 6. The molecule has 3 rings (SSSR count). The van der Waals surface area contributed by atoms with Crippen molar-refractivity contribution in [1.82, 2.24) is 9.88 Å². The summed E-state index contributed by atoms with van der Waals surface area (Å²) in [5, 5.41) is 2.74. The second-order valence-electron chi connectivity index (χ2n) is 5.96. The summed E-state index contributed by atoms with van der Waals surface area (Å²) in [6.07, 6.45) is 0.777. The fourth-order valence-corrected chi connectivity index (χ4v) is 4.69. The Hall–Kier alpha value is -2.65. The molecule has 0 radical (unpaired) electrons. The first-order chi connectivity index (χ1) is 12.8. The third-order valence-electron chi connectivity index (χ3n) is 4.03. The van der Waals surface area contributed by atoms with Crippen LogP contribution >= 0.6 is 11.3 Å². The minimum absolute atomic E-state index is 0.0284. The minimum atomic E-state index is -3.92. The maximum absolute atomic E-state index is 12.8. The van der Waals surface area contributed by atoms with Crippen LogP contribution in [0.3, 0.4) is 0 Å². The number of fused-ring (bicyclic) bond motifs is 1. The van der Waals surface area contributed by atoms with Gasteiger partial charge in [0.05, 0.1) is 26.4 Å². The van der Waals surface area contributed by atoms with Crippen LogP contribution in [-0.4, -0.2) is 25.4 Å². The van der Waals surface area contributed by atoms with E-state index in [0.29, 0.717) is 16.8 Å². The highest BCUT2D eigenvalue weighted by molar-refractivity contribution is 7.92. The normalized spacial score (nSPS) is 11.5. The molecular weight excluding hydrogens is 386 g/mol. The van der Waals surface area contributed by atoms with Gasteiger partial charge in [0, 0.05) is 13.6 Å². The van der Waals surface area contributed by atoms with E-state index >= 15 is 0 Å². The Balaban J connectivity index is 1.96. The van der Waals surface area contributed by atoms with Gasteiger partial charge in [-0.25, -0.2) is 8.42 Å². The molecular formula is C18H19N3O4S2. The molecule has 0 aliphatic heterocycles. The van der Waals surface area contributed by atoms with Crippen molar-refractivity contribution in [2.24, 2.45) is 7.05 Å². The zero-order chi connectivity index (χ0) is 19.6. The van der Waals surface area contributed by atoms with Crippen LogP contribution in [0.2, 0.25) is 0 Å². The van der Waals surface area contributed by atoms with Crippen LogP contribution < -0.4 is 14.9 Å². The number of nitrogens with zero attached hydrogens (tertiary/aromatic N) is 1. The molecule has 1 amide bonds. The summed E-state index contributed by atoms with van der Waals surface area (Å²) < 4.78 is 30.1. The predicted octanol–water partition coefficient (Wildman–Crippen LogP) is 2.54. The Morgan fingerprint density at radius 1 is 1.19 bits per heavy atom. The Labute approximate surface area is 160 Å². The summed E-state index contributed by atoms with van der Waals surface area (Å²) in [7, 11) is -2.28. The van der Waals surface area contributed by atoms with E-state index in [2.05, 4.69) is 10.0 Å². The van der Waals surface area contributed by atoms with E-state index in [1.54, 1.807) is 31.3 Å². The highest BCUT2D eigenvalue weighted by Crippen LogP contribution is 2.24. The van der Waals surface area contributed by atoms with Crippen molar-refractivity contribution in [3.05, 3.63) is 57.7 Å². The smallest absolute Gasteiger partial charge is 0.307 e. The van der Waals surface area contributed by atoms with Gasteiger partial charge in [0.1, 0.15) is 0 Å². The molecule has 2 aromatic carbocycles. The molecule has 0 atom stereocenters. The monoisotopic (exact) mass is 405 g/mol. The third-order valence-corrected chi connectivity index (χ3v) is 6.38. The molecule has 9 heteroatoms. The Kier molecular flexibility index (Phi) is 5.33. The number of carbonyl (C=O) groups is 1. The van der Waals surface area contributed by atoms with Gasteiger partial charge < -0.3 is 9.88 Å². The fourth-order valence-electron chi connectivity index (χ4n) is 2.59. The lowest BCUT2D eigenvalue weighted by molar-refractivity contribution is 0.0954. The maximum Gasteiger partial charge on any atom is 0.307 e. The maximum atomic E-state index is 12.8. The van der Waals surface area contributed by atoms with Gasteiger partial charge in [-0.2, -0.15) is 0 Å². The third kappa shape index (κ3) is 3.88. The molecule has 27 heavy (non-hydrogen) atoms. The van der Waals surface area contributed by atoms with Crippen LogP contribution in [0.1, 0.15) is 23.7 Å². The van der Waals surface area contributed by atoms with Crippen LogP contribution in [0.15, 0.2) is 52.2 Å². The molecule has 0 fully saturated rings. The molecule has 7 nitrogen and oxygen atoms in total. The standard InChI is InChI=1S/C18H19N3O4S2/c1-3-10-19-17(22)13-6-4-5-7-14(13)20-27(24,25)12-8-9-15-16(11-12)26-18(23)21(15)2/h4-9,11,20H,3,10H2,1-2H3,(H,19,22). The van der Waals surface area contributed by atoms with Crippen molar-refractivity contribution in [2.45, 2.75) is 18.2 Å². The number of amides is 1. The number of thiazole rings is 1. The molecule has 0 unspecified atom stereocenters. The van der Waals surface area contributed by atoms with Crippen molar-refractivity contribution in [3.8, 4) is 0 Å². The van der Waals surface area contributed by atoms with Gasteiger partial charge in [0.15, 0.2) is 0 Å². The molecule has 1 heterocycles. The predicted molar refractivity (Wildman–Crippen MR) is 107 cm³/mol. The minimum Gasteiger partial charge on any atom is -0.352 e. The molecule has 0 bridgehead atoms. The first kappa shape index (κ1) is 19.1. The number of benzene rings is 2. The van der Waals surface area contributed by atoms with Gasteiger partial charge in [0.25, 0.3) is 15.9 Å². The Morgan fingerprint density at radius 2 is 1.93 bits per heavy atom. The van der Waals surface area contributed by atoms with Crippen molar-refractivity contribution in [1.29, 1.82) is 0 Å². The number of carbonyl (C=O) groups excluding carboxylic acids is 1. The van der Waals surface area contributed by atoms with Crippen LogP contribution in [0.5, 0.6) is 0 Å². The van der Waals surface area contributed by atoms with Crippen LogP contribution in [0, 0.1) is 0 Å². The average molecular weight is 406 g/mol. The van der Waals surface area contributed by atoms with Crippen LogP contribution in [-0.2, 0) is 17.1 Å². The van der Waals surface area contributed by atoms with Gasteiger partial charge in [0.2, 0.25) is 0 Å². The van der Waals surface area contributed by atoms with E-state index < -0.39 is 10.0 Å². The van der Waals surface area contributed by atoms with E-state index in [4.69, 9.17) is 0 Å². The molecule has 0 spiro atoms. The highest BCUT2D eigenvalue weighted by atomic mass is 32.2. The summed E-state index contributed by atoms with van der Waals surface area (Å²) in [5.41, 5.74) is 1.12. The van der Waals surface area contributed by atoms with E-state index in [1.807, 2.05) is 6.92 Å². The molecule has 0 aliphatic carbocycles. The lowest BCUT2D eigenvalue weighted by atomic mass is 10.1. The van der Waals surface area contributed by atoms with Gasteiger partial charge in [-0.1, -0.05) is 30.4 Å². The number of para-hydroxylation sites is 1. The van der Waals surface area contributed by atoms with Crippen LogP contribution in [0.4, 0.5) is 5.69 Å². The van der Waals surface area contributed by atoms with Crippen molar-refractivity contribution < 1.29 is 13.2 Å². The molecule has 3 aromatic rings. The molecule has 1 aromatic heterocycles. The van der Waals surface area contributed by atoms with Gasteiger partial charge >= 0.3 is 4.87 Å². The quantitative estimate of drug-likeness (QED) is 0.659. The summed E-state index contributed by atoms with van der Waals surface area (Å²) in [5.74, 6) is -0.341. The van der Waals surface area contributed by atoms with Gasteiger partial charge in [-0.3, -0.25) is 14.3 Å². The van der Waals surface area contributed by atoms with E-state index in [1.165, 1.54) is 22.8 Å². The number of hydrogen-bond acceptors (Lipinski definition) is 5. The van der Waals surface area contributed by atoms with Crippen molar-refractivity contribution in [3.63, 3.8) is 0 Å². The number of anilines is 1. The van der Waals surface area contributed by atoms with Crippen LogP contribution in [0.25, 0.3) is 10.2 Å². The largest absolute Gasteiger partial charge is 0.352 e. The average Bonchev–Trinajstić information content (AvgIpc) is 2.93. The lowest BCUT2D eigenvalue weighted by Gasteiger charge is -2.12. The first-order valence-electron chi connectivity index (χ1n) is 8.33. The topological polar surface area (TPSA) is 97.3 Å². The zero-order valence-electron chi connectivity index (χ0n) is 14.9. The lowest BCUT2D eigenvalue weighted by Crippen LogP contribution is -2.25. The van der Waals surface area contributed by atoms with E-state index in [9.17, 15) is 18.0 Å². The van der Waals surface area contributed by atoms with Crippen molar-refractivity contribution in [2.75, 3.05) is 11.3 Å². The van der Waals surface area contributed by atoms with Crippen molar-refractivity contribution >= 4 is 43.2 Å². The number of hydrogen-bond donors (Lipinski definition) is 2. The number of aryl methyl sites for hydroxylation is 1. The second-order valence-corrected chi connectivity index (χ2v) is 8.64. The molecule has 2 N–H and O–H groups in total. The number of aromatic nitrogens is 1. The summed E-state index contributed by atoms with van der Waals surface area (Å²) in [6, 6.07) is 10.9. The number of nitrogens with one attached hydrogen (secondary N) is 2. The molecule has 142 valence electrons. The summed E-state index contributed by atoms with van der Waals surface area (Å²) >= 11 is 0.984. The molecule has 0 saturated carbocycles. The van der Waals surface area contributed by atoms with E-state index in [0.717, 1.165) is 17.8 Å². The number of sulfonamides is 1. The second kappa shape index (κ2) is 7.53.